The highest BCUT2D eigenvalue weighted by atomic mass is 79.9. The van der Waals surface area contributed by atoms with E-state index in [2.05, 4.69) is 15.9 Å². The van der Waals surface area contributed by atoms with Gasteiger partial charge in [-0.1, -0.05) is 17.7 Å². The van der Waals surface area contributed by atoms with Crippen LogP contribution in [0.15, 0.2) is 34.8 Å². The van der Waals surface area contributed by atoms with E-state index in [-0.39, 0.29) is 5.56 Å². The molecule has 0 saturated carbocycles. The molecule has 0 nitrogen and oxygen atoms in total. The number of halogens is 5. The maximum absolute atomic E-state index is 13.9. The SMILES string of the molecule is Cc1cc(F)cc(C(Cl)c2cc(Cl)c(Br)cc2F)c1. The number of benzene rings is 2. The molecule has 2 aromatic rings. The fourth-order valence-electron chi connectivity index (χ4n) is 1.82. The van der Waals surface area contributed by atoms with Gasteiger partial charge in [-0.2, -0.15) is 0 Å². The Hall–Kier alpha value is -0.640. The Morgan fingerprint density at radius 2 is 1.79 bits per heavy atom. The van der Waals surface area contributed by atoms with Gasteiger partial charge in [0.15, 0.2) is 0 Å². The number of alkyl halides is 1. The lowest BCUT2D eigenvalue weighted by Gasteiger charge is -2.13. The van der Waals surface area contributed by atoms with Gasteiger partial charge in [0.05, 0.1) is 10.4 Å². The molecule has 0 amide bonds. The normalized spacial score (nSPS) is 12.5. The topological polar surface area (TPSA) is 0 Å². The van der Waals surface area contributed by atoms with E-state index in [1.165, 1.54) is 24.3 Å². The minimum atomic E-state index is -0.792. The third-order valence-corrected chi connectivity index (χ3v) is 4.35. The van der Waals surface area contributed by atoms with Gasteiger partial charge < -0.3 is 0 Å². The van der Waals surface area contributed by atoms with Crippen LogP contribution in [0.4, 0.5) is 8.78 Å². The van der Waals surface area contributed by atoms with Crippen molar-refractivity contribution < 1.29 is 8.78 Å². The zero-order valence-corrected chi connectivity index (χ0v) is 13.0. The molecule has 0 aliphatic carbocycles. The summed E-state index contributed by atoms with van der Waals surface area (Å²) in [5.74, 6) is -0.887. The summed E-state index contributed by atoms with van der Waals surface area (Å²) in [7, 11) is 0. The van der Waals surface area contributed by atoms with Crippen molar-refractivity contribution in [1.29, 1.82) is 0 Å². The first-order valence-electron chi connectivity index (χ1n) is 5.44. The van der Waals surface area contributed by atoms with Crippen LogP contribution in [0.3, 0.4) is 0 Å². The molecule has 0 aliphatic rings. The summed E-state index contributed by atoms with van der Waals surface area (Å²) in [5.41, 5.74) is 1.44. The minimum Gasteiger partial charge on any atom is -0.207 e. The minimum absolute atomic E-state index is 0.222. The van der Waals surface area contributed by atoms with Gasteiger partial charge in [0.2, 0.25) is 0 Å². The average molecular weight is 366 g/mol. The maximum atomic E-state index is 13.9. The Kier molecular flexibility index (Phi) is 4.49. The monoisotopic (exact) mass is 364 g/mol. The molecule has 0 heterocycles. The zero-order valence-electron chi connectivity index (χ0n) is 9.85. The lowest BCUT2D eigenvalue weighted by Crippen LogP contribution is -1.99. The molecule has 0 spiro atoms. The van der Waals surface area contributed by atoms with Crippen LogP contribution in [-0.2, 0) is 0 Å². The van der Waals surface area contributed by atoms with Crippen LogP contribution in [0.2, 0.25) is 5.02 Å². The highest BCUT2D eigenvalue weighted by Gasteiger charge is 2.18. The first-order valence-corrected chi connectivity index (χ1v) is 7.05. The van der Waals surface area contributed by atoms with Crippen molar-refractivity contribution in [1.82, 2.24) is 0 Å². The summed E-state index contributed by atoms with van der Waals surface area (Å²) in [6, 6.07) is 7.09. The predicted molar refractivity (Wildman–Crippen MR) is 77.9 cm³/mol. The number of rotatable bonds is 2. The molecule has 0 fully saturated rings. The van der Waals surface area contributed by atoms with Crippen LogP contribution in [-0.4, -0.2) is 0 Å². The zero-order chi connectivity index (χ0) is 14.2. The van der Waals surface area contributed by atoms with Gasteiger partial charge in [-0.15, -0.1) is 11.6 Å². The quantitative estimate of drug-likeness (QED) is 0.451. The van der Waals surface area contributed by atoms with Gasteiger partial charge in [-0.05, 0) is 58.2 Å². The van der Waals surface area contributed by atoms with E-state index in [4.69, 9.17) is 23.2 Å². The Balaban J connectivity index is 2.49. The average Bonchev–Trinajstić information content (AvgIpc) is 2.31. The second-order valence-corrected chi connectivity index (χ2v) is 5.91. The standard InChI is InChI=1S/C14H9BrCl2F2/c1-7-2-8(4-9(18)3-7)14(17)10-5-12(16)11(15)6-13(10)19/h2-6,14H,1H3. The molecule has 0 radical (unpaired) electrons. The maximum Gasteiger partial charge on any atom is 0.129 e. The van der Waals surface area contributed by atoms with E-state index >= 15 is 0 Å². The molecule has 0 N–H and O–H groups in total. The molecule has 0 saturated heterocycles. The van der Waals surface area contributed by atoms with Crippen molar-refractivity contribution >= 4 is 39.1 Å². The third-order valence-electron chi connectivity index (χ3n) is 2.67. The van der Waals surface area contributed by atoms with Crippen molar-refractivity contribution in [2.24, 2.45) is 0 Å². The molecular weight excluding hydrogens is 357 g/mol. The van der Waals surface area contributed by atoms with Crippen LogP contribution in [0, 0.1) is 18.6 Å². The summed E-state index contributed by atoms with van der Waals surface area (Å²) in [6.07, 6.45) is 0. The van der Waals surface area contributed by atoms with Crippen molar-refractivity contribution in [2.75, 3.05) is 0 Å². The first-order chi connectivity index (χ1) is 8.88. The summed E-state index contributed by atoms with van der Waals surface area (Å²) in [5, 5.41) is -0.435. The summed E-state index contributed by atoms with van der Waals surface area (Å²) in [4.78, 5) is 0. The largest absolute Gasteiger partial charge is 0.207 e. The second-order valence-electron chi connectivity index (χ2n) is 4.21. The van der Waals surface area contributed by atoms with Gasteiger partial charge in [-0.25, -0.2) is 8.78 Å². The van der Waals surface area contributed by atoms with Crippen molar-refractivity contribution in [2.45, 2.75) is 12.3 Å². The highest BCUT2D eigenvalue weighted by molar-refractivity contribution is 9.10. The first kappa shape index (κ1) is 14.8. The van der Waals surface area contributed by atoms with Crippen molar-refractivity contribution in [3.8, 4) is 0 Å². The Morgan fingerprint density at radius 1 is 1.11 bits per heavy atom. The smallest absolute Gasteiger partial charge is 0.129 e. The molecular formula is C14H9BrCl2F2. The molecule has 2 aromatic carbocycles. The Labute approximate surface area is 128 Å². The highest BCUT2D eigenvalue weighted by Crippen LogP contribution is 2.35. The van der Waals surface area contributed by atoms with Crippen molar-refractivity contribution in [3.63, 3.8) is 0 Å². The molecule has 0 aliphatic heterocycles. The van der Waals surface area contributed by atoms with Gasteiger partial charge in [0, 0.05) is 10.0 Å². The van der Waals surface area contributed by atoms with Crippen LogP contribution in [0.1, 0.15) is 22.1 Å². The number of hydrogen-bond acceptors (Lipinski definition) is 0. The van der Waals surface area contributed by atoms with Gasteiger partial charge in [0.1, 0.15) is 11.6 Å². The summed E-state index contributed by atoms with van der Waals surface area (Å²) in [6.45, 7) is 1.75. The summed E-state index contributed by atoms with van der Waals surface area (Å²) >= 11 is 15.3. The lowest BCUT2D eigenvalue weighted by molar-refractivity contribution is 0.608. The third kappa shape index (κ3) is 3.28. The molecule has 1 unspecified atom stereocenters. The fourth-order valence-corrected chi connectivity index (χ4v) is 2.60. The van der Waals surface area contributed by atoms with Gasteiger partial charge in [-0.3, -0.25) is 0 Å². The number of hydrogen-bond donors (Lipinski definition) is 0. The Morgan fingerprint density at radius 3 is 2.42 bits per heavy atom. The molecule has 2 rings (SSSR count). The predicted octanol–water partition coefficient (Wildman–Crippen LogP) is 6.02. The van der Waals surface area contributed by atoms with E-state index < -0.39 is 17.0 Å². The van der Waals surface area contributed by atoms with E-state index in [1.807, 2.05) is 0 Å². The summed E-state index contributed by atoms with van der Waals surface area (Å²) < 4.78 is 27.7. The van der Waals surface area contributed by atoms with Crippen LogP contribution < -0.4 is 0 Å². The lowest BCUT2D eigenvalue weighted by atomic mass is 10.0. The van der Waals surface area contributed by atoms with E-state index in [1.54, 1.807) is 13.0 Å². The van der Waals surface area contributed by atoms with Gasteiger partial charge >= 0.3 is 0 Å². The van der Waals surface area contributed by atoms with E-state index in [9.17, 15) is 8.78 Å². The van der Waals surface area contributed by atoms with Crippen LogP contribution in [0.5, 0.6) is 0 Å². The van der Waals surface area contributed by atoms with Crippen molar-refractivity contribution in [3.05, 3.63) is 68.2 Å². The van der Waals surface area contributed by atoms with Crippen LogP contribution in [0.25, 0.3) is 0 Å². The van der Waals surface area contributed by atoms with Gasteiger partial charge in [0.25, 0.3) is 0 Å². The molecule has 0 aromatic heterocycles. The second kappa shape index (κ2) is 5.78. The van der Waals surface area contributed by atoms with Crippen LogP contribution >= 0.6 is 39.1 Å². The number of aryl methyl sites for hydroxylation is 1. The van der Waals surface area contributed by atoms with E-state index in [0.717, 1.165) is 5.56 Å². The van der Waals surface area contributed by atoms with E-state index in [0.29, 0.717) is 15.1 Å². The fraction of sp³-hybridized carbons (Fsp3) is 0.143. The molecule has 100 valence electrons. The Bertz CT molecular complexity index is 609. The molecule has 5 heteroatoms. The molecule has 19 heavy (non-hydrogen) atoms. The molecule has 1 atom stereocenters. The molecule has 0 bridgehead atoms.